The number of hydrogen-bond acceptors (Lipinski definition) is 0. The van der Waals surface area contributed by atoms with Gasteiger partial charge in [-0.2, -0.15) is 0 Å². The quantitative estimate of drug-likeness (QED) is 0.652. The zero-order chi connectivity index (χ0) is 11.7. The molecule has 2 aromatic carbocycles. The summed E-state index contributed by atoms with van der Waals surface area (Å²) in [6.45, 7) is 6.27. The van der Waals surface area contributed by atoms with E-state index in [1.807, 2.05) is 13.0 Å². The van der Waals surface area contributed by atoms with Crippen molar-refractivity contribution in [3.8, 4) is 11.1 Å². The number of aryl methyl sites for hydroxylation is 3. The molecule has 0 unspecified atom stereocenters. The maximum Gasteiger partial charge on any atom is 0.0441 e. The van der Waals surface area contributed by atoms with Gasteiger partial charge in [0, 0.05) is 5.02 Å². The third kappa shape index (κ3) is 2.12. The Kier molecular flexibility index (Phi) is 3.02. The summed E-state index contributed by atoms with van der Waals surface area (Å²) in [7, 11) is 0. The van der Waals surface area contributed by atoms with Crippen LogP contribution in [-0.4, -0.2) is 0 Å². The molecule has 0 bridgehead atoms. The van der Waals surface area contributed by atoms with Gasteiger partial charge in [-0.3, -0.25) is 0 Å². The van der Waals surface area contributed by atoms with Crippen molar-refractivity contribution in [3.05, 3.63) is 58.1 Å². The van der Waals surface area contributed by atoms with Gasteiger partial charge in [0.1, 0.15) is 0 Å². The first-order valence-electron chi connectivity index (χ1n) is 5.42. The Balaban J connectivity index is 2.54. The Morgan fingerprint density at radius 1 is 0.812 bits per heavy atom. The van der Waals surface area contributed by atoms with Gasteiger partial charge in [0.2, 0.25) is 0 Å². The minimum absolute atomic E-state index is 0.831. The fourth-order valence-corrected chi connectivity index (χ4v) is 2.08. The monoisotopic (exact) mass is 230 g/mol. The van der Waals surface area contributed by atoms with Crippen molar-refractivity contribution in [1.82, 2.24) is 0 Å². The zero-order valence-corrected chi connectivity index (χ0v) is 10.6. The topological polar surface area (TPSA) is 0 Å². The van der Waals surface area contributed by atoms with Crippen molar-refractivity contribution in [3.63, 3.8) is 0 Å². The van der Waals surface area contributed by atoms with Crippen LogP contribution in [0.5, 0.6) is 0 Å². The molecule has 0 aromatic heterocycles. The fraction of sp³-hybridized carbons (Fsp3) is 0.200. The van der Waals surface area contributed by atoms with Crippen LogP contribution in [0, 0.1) is 20.8 Å². The molecule has 0 nitrogen and oxygen atoms in total. The molecule has 0 atom stereocenters. The third-order valence-corrected chi connectivity index (χ3v) is 3.27. The lowest BCUT2D eigenvalue weighted by atomic mass is 9.98. The summed E-state index contributed by atoms with van der Waals surface area (Å²) in [6.07, 6.45) is 0. The Morgan fingerprint density at radius 2 is 1.56 bits per heavy atom. The van der Waals surface area contributed by atoms with Crippen LogP contribution in [0.3, 0.4) is 0 Å². The molecule has 0 fully saturated rings. The average Bonchev–Trinajstić information content (AvgIpc) is 2.22. The fourth-order valence-electron chi connectivity index (χ4n) is 1.90. The highest BCUT2D eigenvalue weighted by Gasteiger charge is 2.03. The van der Waals surface area contributed by atoms with Crippen molar-refractivity contribution in [1.29, 1.82) is 0 Å². The molecule has 0 amide bonds. The van der Waals surface area contributed by atoms with E-state index in [4.69, 9.17) is 11.6 Å². The summed E-state index contributed by atoms with van der Waals surface area (Å²) in [6, 6.07) is 12.7. The molecular weight excluding hydrogens is 216 g/mol. The van der Waals surface area contributed by atoms with Crippen LogP contribution < -0.4 is 0 Å². The molecule has 0 aliphatic carbocycles. The molecule has 0 saturated carbocycles. The van der Waals surface area contributed by atoms with E-state index in [2.05, 4.69) is 44.2 Å². The number of hydrogen-bond donors (Lipinski definition) is 0. The average molecular weight is 231 g/mol. The van der Waals surface area contributed by atoms with Gasteiger partial charge >= 0.3 is 0 Å². The van der Waals surface area contributed by atoms with Crippen LogP contribution in [0.15, 0.2) is 36.4 Å². The van der Waals surface area contributed by atoms with Gasteiger partial charge < -0.3 is 0 Å². The van der Waals surface area contributed by atoms with Gasteiger partial charge in [-0.1, -0.05) is 47.5 Å². The Morgan fingerprint density at radius 3 is 2.19 bits per heavy atom. The molecular formula is C15H15Cl. The van der Waals surface area contributed by atoms with Gasteiger partial charge in [0.05, 0.1) is 0 Å². The lowest BCUT2D eigenvalue weighted by Crippen LogP contribution is -1.85. The molecule has 1 heteroatoms. The maximum absolute atomic E-state index is 6.15. The van der Waals surface area contributed by atoms with E-state index in [1.54, 1.807) is 0 Å². The van der Waals surface area contributed by atoms with Crippen LogP contribution in [0.4, 0.5) is 0 Å². The summed E-state index contributed by atoms with van der Waals surface area (Å²) in [5.41, 5.74) is 6.15. The first kappa shape index (κ1) is 11.2. The van der Waals surface area contributed by atoms with Crippen LogP contribution >= 0.6 is 11.6 Å². The van der Waals surface area contributed by atoms with Crippen molar-refractivity contribution >= 4 is 11.6 Å². The predicted molar refractivity (Wildman–Crippen MR) is 71.1 cm³/mol. The molecule has 0 spiro atoms. The largest absolute Gasteiger partial charge is 0.0840 e. The highest BCUT2D eigenvalue weighted by molar-refractivity contribution is 6.31. The molecule has 0 aliphatic rings. The molecule has 0 radical (unpaired) electrons. The molecule has 0 aliphatic heterocycles. The van der Waals surface area contributed by atoms with Gasteiger partial charge in [-0.25, -0.2) is 0 Å². The van der Waals surface area contributed by atoms with Gasteiger partial charge in [-0.05, 0) is 49.1 Å². The minimum Gasteiger partial charge on any atom is -0.0840 e. The smallest absolute Gasteiger partial charge is 0.0441 e. The van der Waals surface area contributed by atoms with E-state index >= 15 is 0 Å². The summed E-state index contributed by atoms with van der Waals surface area (Å²) in [5.74, 6) is 0. The Bertz CT molecular complexity index is 527. The van der Waals surface area contributed by atoms with Crippen LogP contribution in [0.1, 0.15) is 16.7 Å². The van der Waals surface area contributed by atoms with Crippen molar-refractivity contribution in [2.24, 2.45) is 0 Å². The molecule has 0 saturated heterocycles. The van der Waals surface area contributed by atoms with E-state index in [0.29, 0.717) is 0 Å². The Hall–Kier alpha value is -1.27. The summed E-state index contributed by atoms with van der Waals surface area (Å²) < 4.78 is 0. The normalized spacial score (nSPS) is 10.5. The molecule has 0 heterocycles. The first-order valence-corrected chi connectivity index (χ1v) is 5.79. The second-order valence-corrected chi connectivity index (χ2v) is 4.69. The molecule has 16 heavy (non-hydrogen) atoms. The third-order valence-electron chi connectivity index (χ3n) is 2.86. The second kappa shape index (κ2) is 4.31. The number of benzene rings is 2. The zero-order valence-electron chi connectivity index (χ0n) is 9.84. The molecule has 82 valence electrons. The summed E-state index contributed by atoms with van der Waals surface area (Å²) in [4.78, 5) is 0. The first-order chi connectivity index (χ1) is 7.58. The lowest BCUT2D eigenvalue weighted by Gasteiger charge is -2.08. The molecule has 2 rings (SSSR count). The highest BCUT2D eigenvalue weighted by Crippen LogP contribution is 2.28. The summed E-state index contributed by atoms with van der Waals surface area (Å²) in [5, 5.41) is 0.831. The van der Waals surface area contributed by atoms with Crippen LogP contribution in [0.2, 0.25) is 5.02 Å². The number of rotatable bonds is 1. The minimum atomic E-state index is 0.831. The van der Waals surface area contributed by atoms with E-state index in [9.17, 15) is 0 Å². The van der Waals surface area contributed by atoms with Crippen LogP contribution in [-0.2, 0) is 0 Å². The van der Waals surface area contributed by atoms with Gasteiger partial charge in [0.15, 0.2) is 0 Å². The van der Waals surface area contributed by atoms with Crippen molar-refractivity contribution in [2.75, 3.05) is 0 Å². The highest BCUT2D eigenvalue weighted by atomic mass is 35.5. The number of halogens is 1. The van der Waals surface area contributed by atoms with Gasteiger partial charge in [-0.15, -0.1) is 0 Å². The standard InChI is InChI=1S/C15H15Cl/c1-10-4-7-14(12(3)8-10)13-6-5-11(2)15(16)9-13/h4-9H,1-3H3. The van der Waals surface area contributed by atoms with E-state index < -0.39 is 0 Å². The molecule has 2 aromatic rings. The van der Waals surface area contributed by atoms with Gasteiger partial charge in [0.25, 0.3) is 0 Å². The van der Waals surface area contributed by atoms with E-state index in [-0.39, 0.29) is 0 Å². The van der Waals surface area contributed by atoms with Crippen molar-refractivity contribution in [2.45, 2.75) is 20.8 Å². The summed E-state index contributed by atoms with van der Waals surface area (Å²) >= 11 is 6.15. The Labute approximate surface area is 102 Å². The maximum atomic E-state index is 6.15. The van der Waals surface area contributed by atoms with Crippen molar-refractivity contribution < 1.29 is 0 Å². The van der Waals surface area contributed by atoms with E-state index in [1.165, 1.54) is 22.3 Å². The molecule has 0 N–H and O–H groups in total. The van der Waals surface area contributed by atoms with E-state index in [0.717, 1.165) is 10.6 Å². The SMILES string of the molecule is Cc1ccc(-c2ccc(C)c(Cl)c2)c(C)c1. The van der Waals surface area contributed by atoms with Crippen LogP contribution in [0.25, 0.3) is 11.1 Å². The second-order valence-electron chi connectivity index (χ2n) is 4.28. The lowest BCUT2D eigenvalue weighted by molar-refractivity contribution is 1.37. The predicted octanol–water partition coefficient (Wildman–Crippen LogP) is 4.93.